The predicted octanol–water partition coefficient (Wildman–Crippen LogP) is 3.01. The summed E-state index contributed by atoms with van der Waals surface area (Å²) >= 11 is 0. The normalized spacial score (nSPS) is 11.7. The minimum absolute atomic E-state index is 0.133. The first kappa shape index (κ1) is 18.2. The predicted molar refractivity (Wildman–Crippen MR) is 94.1 cm³/mol. The molecule has 2 aromatic carbocycles. The van der Waals surface area contributed by atoms with Crippen LogP contribution >= 0.6 is 0 Å². The molecule has 0 aliphatic heterocycles. The molecule has 27 heavy (non-hydrogen) atoms. The topological polar surface area (TPSA) is 88.9 Å². The second-order valence-corrected chi connectivity index (χ2v) is 5.73. The minimum Gasteiger partial charge on any atom is -0.324 e. The first-order valence-electron chi connectivity index (χ1n) is 7.95. The third-order valence-corrected chi connectivity index (χ3v) is 3.75. The van der Waals surface area contributed by atoms with Crippen LogP contribution in [0.4, 0.5) is 20.2 Å². The Bertz CT molecular complexity index is 938. The molecule has 1 aromatic heterocycles. The van der Waals surface area contributed by atoms with Crippen molar-refractivity contribution in [3.63, 3.8) is 0 Å². The van der Waals surface area contributed by atoms with Crippen LogP contribution in [-0.4, -0.2) is 26.6 Å². The Balaban J connectivity index is 1.63. The Morgan fingerprint density at radius 3 is 2.15 bits per heavy atom. The van der Waals surface area contributed by atoms with Crippen LogP contribution in [0.15, 0.2) is 55.1 Å². The fourth-order valence-corrected chi connectivity index (χ4v) is 2.31. The number of hydrogen-bond acceptors (Lipinski definition) is 4. The van der Waals surface area contributed by atoms with Gasteiger partial charge in [-0.2, -0.15) is 5.10 Å². The number of carbonyl (C=O) groups excluding carboxylic acids is 2. The molecule has 0 saturated heterocycles. The van der Waals surface area contributed by atoms with E-state index >= 15 is 0 Å². The van der Waals surface area contributed by atoms with Crippen LogP contribution in [-0.2, 0) is 4.79 Å². The van der Waals surface area contributed by atoms with Gasteiger partial charge >= 0.3 is 0 Å². The molecule has 1 heterocycles. The second kappa shape index (κ2) is 7.73. The van der Waals surface area contributed by atoms with Crippen molar-refractivity contribution in [3.8, 4) is 0 Å². The van der Waals surface area contributed by atoms with Crippen LogP contribution in [0.1, 0.15) is 23.3 Å². The molecular weight excluding hydrogens is 356 g/mol. The Hall–Kier alpha value is -3.62. The summed E-state index contributed by atoms with van der Waals surface area (Å²) < 4.78 is 27.8. The summed E-state index contributed by atoms with van der Waals surface area (Å²) in [4.78, 5) is 28.0. The number of aromatic nitrogens is 3. The van der Waals surface area contributed by atoms with E-state index in [1.54, 1.807) is 31.2 Å². The van der Waals surface area contributed by atoms with E-state index in [2.05, 4.69) is 20.7 Å². The SMILES string of the molecule is CC(C(=O)Nc1ccc(NC(=O)c2cc(F)cc(F)c2)cc1)n1cncn1. The molecule has 2 N–H and O–H groups in total. The van der Waals surface area contributed by atoms with E-state index in [9.17, 15) is 18.4 Å². The lowest BCUT2D eigenvalue weighted by atomic mass is 10.2. The van der Waals surface area contributed by atoms with Crippen LogP contribution in [0.5, 0.6) is 0 Å². The fraction of sp³-hybridized carbons (Fsp3) is 0.111. The number of nitrogens with zero attached hydrogens (tertiary/aromatic N) is 3. The maximum atomic E-state index is 13.2. The van der Waals surface area contributed by atoms with Crippen molar-refractivity contribution in [2.45, 2.75) is 13.0 Å². The number of halogens is 2. The van der Waals surface area contributed by atoms with Gasteiger partial charge in [0.25, 0.3) is 5.91 Å². The Kier molecular flexibility index (Phi) is 5.20. The number of rotatable bonds is 5. The van der Waals surface area contributed by atoms with E-state index < -0.39 is 23.6 Å². The van der Waals surface area contributed by atoms with Crippen LogP contribution in [0.25, 0.3) is 0 Å². The smallest absolute Gasteiger partial charge is 0.255 e. The monoisotopic (exact) mass is 371 g/mol. The van der Waals surface area contributed by atoms with Gasteiger partial charge in [0.05, 0.1) is 0 Å². The first-order chi connectivity index (χ1) is 12.9. The molecule has 2 amide bonds. The van der Waals surface area contributed by atoms with Gasteiger partial charge in [-0.1, -0.05) is 0 Å². The number of hydrogen-bond donors (Lipinski definition) is 2. The average Bonchev–Trinajstić information content (AvgIpc) is 3.16. The zero-order valence-electron chi connectivity index (χ0n) is 14.2. The van der Waals surface area contributed by atoms with Crippen molar-refractivity contribution in [3.05, 3.63) is 72.3 Å². The Morgan fingerprint density at radius 2 is 1.59 bits per heavy atom. The quantitative estimate of drug-likeness (QED) is 0.722. The van der Waals surface area contributed by atoms with Gasteiger partial charge in [0.1, 0.15) is 30.3 Å². The summed E-state index contributed by atoms with van der Waals surface area (Å²) in [6.07, 6.45) is 2.78. The van der Waals surface area contributed by atoms with E-state index in [1.807, 2.05) is 0 Å². The summed E-state index contributed by atoms with van der Waals surface area (Å²) in [5, 5.41) is 9.16. The van der Waals surface area contributed by atoms with Gasteiger partial charge in [-0.25, -0.2) is 18.4 Å². The molecular formula is C18H15F2N5O2. The highest BCUT2D eigenvalue weighted by Crippen LogP contribution is 2.17. The van der Waals surface area contributed by atoms with E-state index in [1.165, 1.54) is 17.3 Å². The standard InChI is InChI=1S/C18H15F2N5O2/c1-11(25-10-21-9-22-25)17(26)23-15-2-4-16(5-3-15)24-18(27)12-6-13(19)8-14(20)7-12/h2-11H,1H3,(H,23,26)(H,24,27). The third kappa shape index (κ3) is 4.51. The highest BCUT2D eigenvalue weighted by atomic mass is 19.1. The number of anilines is 2. The molecule has 3 aromatic rings. The molecule has 0 fully saturated rings. The van der Waals surface area contributed by atoms with Crippen molar-refractivity contribution in [2.75, 3.05) is 10.6 Å². The summed E-state index contributed by atoms with van der Waals surface area (Å²) in [6.45, 7) is 1.68. The minimum atomic E-state index is -0.834. The zero-order valence-corrected chi connectivity index (χ0v) is 14.2. The summed E-state index contributed by atoms with van der Waals surface area (Å²) in [6, 6.07) is 8.33. The van der Waals surface area contributed by atoms with Gasteiger partial charge in [0.15, 0.2) is 0 Å². The summed E-state index contributed by atoms with van der Waals surface area (Å²) in [7, 11) is 0. The number of amides is 2. The lowest BCUT2D eigenvalue weighted by Crippen LogP contribution is -2.24. The van der Waals surface area contributed by atoms with Crippen LogP contribution in [0.3, 0.4) is 0 Å². The van der Waals surface area contributed by atoms with Gasteiger partial charge in [-0.15, -0.1) is 0 Å². The number of nitrogens with one attached hydrogen (secondary N) is 2. The molecule has 0 aliphatic rings. The summed E-state index contributed by atoms with van der Waals surface area (Å²) in [5.41, 5.74) is 0.792. The van der Waals surface area contributed by atoms with Gasteiger partial charge in [0.2, 0.25) is 5.91 Å². The third-order valence-electron chi connectivity index (χ3n) is 3.75. The molecule has 7 nitrogen and oxygen atoms in total. The summed E-state index contributed by atoms with van der Waals surface area (Å²) in [5.74, 6) is -2.60. The number of benzene rings is 2. The van der Waals surface area contributed by atoms with E-state index in [0.29, 0.717) is 17.4 Å². The van der Waals surface area contributed by atoms with Crippen molar-refractivity contribution >= 4 is 23.2 Å². The molecule has 9 heteroatoms. The maximum absolute atomic E-state index is 13.2. The molecule has 3 rings (SSSR count). The molecule has 138 valence electrons. The van der Waals surface area contributed by atoms with Gasteiger partial charge in [-0.3, -0.25) is 9.59 Å². The van der Waals surface area contributed by atoms with E-state index in [-0.39, 0.29) is 11.5 Å². The highest BCUT2D eigenvalue weighted by molar-refractivity contribution is 6.04. The molecule has 0 spiro atoms. The molecule has 0 aliphatic carbocycles. The van der Waals surface area contributed by atoms with Crippen LogP contribution < -0.4 is 10.6 Å². The molecule has 0 saturated carbocycles. The molecule has 1 atom stereocenters. The highest BCUT2D eigenvalue weighted by Gasteiger charge is 2.15. The lowest BCUT2D eigenvalue weighted by molar-refractivity contribution is -0.119. The first-order valence-corrected chi connectivity index (χ1v) is 7.95. The maximum Gasteiger partial charge on any atom is 0.255 e. The van der Waals surface area contributed by atoms with E-state index in [4.69, 9.17) is 0 Å². The fourth-order valence-electron chi connectivity index (χ4n) is 2.31. The van der Waals surface area contributed by atoms with Gasteiger partial charge in [0, 0.05) is 23.0 Å². The second-order valence-electron chi connectivity index (χ2n) is 5.73. The van der Waals surface area contributed by atoms with Gasteiger partial charge in [-0.05, 0) is 43.3 Å². The van der Waals surface area contributed by atoms with Crippen LogP contribution in [0.2, 0.25) is 0 Å². The van der Waals surface area contributed by atoms with Crippen molar-refractivity contribution in [2.24, 2.45) is 0 Å². The van der Waals surface area contributed by atoms with Crippen molar-refractivity contribution in [1.29, 1.82) is 0 Å². The Labute approximate surface area is 153 Å². The van der Waals surface area contributed by atoms with Gasteiger partial charge < -0.3 is 10.6 Å². The largest absolute Gasteiger partial charge is 0.324 e. The van der Waals surface area contributed by atoms with Crippen LogP contribution in [0, 0.1) is 11.6 Å². The Morgan fingerprint density at radius 1 is 1.00 bits per heavy atom. The lowest BCUT2D eigenvalue weighted by Gasteiger charge is -2.12. The number of carbonyl (C=O) groups is 2. The molecule has 0 radical (unpaired) electrons. The molecule has 0 bridgehead atoms. The van der Waals surface area contributed by atoms with Crippen molar-refractivity contribution in [1.82, 2.24) is 14.8 Å². The van der Waals surface area contributed by atoms with Crippen molar-refractivity contribution < 1.29 is 18.4 Å². The van der Waals surface area contributed by atoms with E-state index in [0.717, 1.165) is 12.1 Å². The average molecular weight is 371 g/mol. The zero-order chi connectivity index (χ0) is 19.4. The molecule has 1 unspecified atom stereocenters.